The minimum absolute atomic E-state index is 0.137. The average molecular weight is 192 g/mol. The molecule has 0 saturated carbocycles. The first-order chi connectivity index (χ1) is 6.77. The van der Waals surface area contributed by atoms with Crippen molar-refractivity contribution < 1.29 is 5.11 Å². The Kier molecular flexibility index (Phi) is 2.82. The molecule has 3 nitrogen and oxygen atoms in total. The molecule has 14 heavy (non-hydrogen) atoms. The molecule has 1 heterocycles. The fraction of sp³-hybridized carbons (Fsp3) is 0.455. The summed E-state index contributed by atoms with van der Waals surface area (Å²) in [5.41, 5.74) is 8.30. The Balaban J connectivity index is 2.09. The Hall–Kier alpha value is -0.900. The summed E-state index contributed by atoms with van der Waals surface area (Å²) in [6, 6.07) is 8.17. The van der Waals surface area contributed by atoms with Gasteiger partial charge in [0.2, 0.25) is 0 Å². The highest BCUT2D eigenvalue weighted by Gasteiger charge is 2.23. The van der Waals surface area contributed by atoms with Crippen molar-refractivity contribution in [3.63, 3.8) is 0 Å². The van der Waals surface area contributed by atoms with Gasteiger partial charge >= 0.3 is 0 Å². The minimum atomic E-state index is -0.411. The zero-order valence-electron chi connectivity index (χ0n) is 8.33. The molecule has 0 amide bonds. The highest BCUT2D eigenvalue weighted by Crippen LogP contribution is 2.20. The maximum atomic E-state index is 10.0. The van der Waals surface area contributed by atoms with Crippen LogP contribution >= 0.6 is 0 Å². The van der Waals surface area contributed by atoms with Gasteiger partial charge in [-0.2, -0.15) is 0 Å². The van der Waals surface area contributed by atoms with Crippen LogP contribution in [0.4, 0.5) is 0 Å². The van der Waals surface area contributed by atoms with Crippen molar-refractivity contribution >= 4 is 0 Å². The molecule has 76 valence electrons. The summed E-state index contributed by atoms with van der Waals surface area (Å²) in [6.45, 7) is 2.97. The first-order valence-electron chi connectivity index (χ1n) is 5.00. The van der Waals surface area contributed by atoms with Crippen LogP contribution in [0.1, 0.15) is 23.7 Å². The lowest BCUT2D eigenvalue weighted by Gasteiger charge is -2.17. The number of aryl methyl sites for hydroxylation is 1. The quantitative estimate of drug-likeness (QED) is 0.652. The number of hydrazine groups is 1. The smallest absolute Gasteiger partial charge is 0.0957 e. The maximum absolute atomic E-state index is 10.0. The van der Waals surface area contributed by atoms with Crippen LogP contribution in [0.2, 0.25) is 0 Å². The monoisotopic (exact) mass is 192 g/mol. The minimum Gasteiger partial charge on any atom is -0.387 e. The van der Waals surface area contributed by atoms with E-state index in [-0.39, 0.29) is 6.04 Å². The summed E-state index contributed by atoms with van der Waals surface area (Å²) in [6.07, 6.45) is 0.556. The molecule has 1 aromatic rings. The SMILES string of the molecule is Cc1ccc(C(O)C2CCNN2)cc1. The highest BCUT2D eigenvalue weighted by molar-refractivity contribution is 5.24. The van der Waals surface area contributed by atoms with E-state index >= 15 is 0 Å². The van der Waals surface area contributed by atoms with Crippen molar-refractivity contribution in [2.24, 2.45) is 0 Å². The van der Waals surface area contributed by atoms with Gasteiger partial charge in [0.05, 0.1) is 12.1 Å². The van der Waals surface area contributed by atoms with Crippen molar-refractivity contribution in [3.05, 3.63) is 35.4 Å². The van der Waals surface area contributed by atoms with Crippen LogP contribution in [0, 0.1) is 6.92 Å². The molecule has 2 unspecified atom stereocenters. The molecule has 1 saturated heterocycles. The molecule has 3 N–H and O–H groups in total. The van der Waals surface area contributed by atoms with Crippen LogP contribution in [-0.4, -0.2) is 17.7 Å². The van der Waals surface area contributed by atoms with Crippen LogP contribution in [0.5, 0.6) is 0 Å². The van der Waals surface area contributed by atoms with E-state index in [1.807, 2.05) is 31.2 Å². The van der Waals surface area contributed by atoms with E-state index in [9.17, 15) is 5.11 Å². The van der Waals surface area contributed by atoms with Gasteiger partial charge in [-0.15, -0.1) is 0 Å². The molecule has 1 aromatic carbocycles. The number of nitrogens with one attached hydrogen (secondary N) is 2. The third-order valence-electron chi connectivity index (χ3n) is 2.67. The van der Waals surface area contributed by atoms with Crippen LogP contribution in [0.25, 0.3) is 0 Å². The average Bonchev–Trinajstić information content (AvgIpc) is 2.71. The van der Waals surface area contributed by atoms with E-state index in [0.717, 1.165) is 18.5 Å². The zero-order valence-corrected chi connectivity index (χ0v) is 8.33. The van der Waals surface area contributed by atoms with E-state index in [0.29, 0.717) is 0 Å². The first kappa shape index (κ1) is 9.65. The first-order valence-corrected chi connectivity index (χ1v) is 5.00. The highest BCUT2D eigenvalue weighted by atomic mass is 16.3. The Morgan fingerprint density at radius 2 is 2.07 bits per heavy atom. The molecule has 0 spiro atoms. The van der Waals surface area contributed by atoms with Crippen molar-refractivity contribution in [1.82, 2.24) is 10.9 Å². The van der Waals surface area contributed by atoms with Crippen molar-refractivity contribution in [2.75, 3.05) is 6.54 Å². The number of aliphatic hydroxyl groups excluding tert-OH is 1. The molecule has 1 aliphatic heterocycles. The molecule has 3 heteroatoms. The van der Waals surface area contributed by atoms with Crippen LogP contribution in [-0.2, 0) is 0 Å². The predicted octanol–water partition coefficient (Wildman–Crippen LogP) is 0.895. The van der Waals surface area contributed by atoms with Gasteiger partial charge < -0.3 is 5.11 Å². The summed E-state index contributed by atoms with van der Waals surface area (Å²) in [7, 11) is 0. The number of benzene rings is 1. The predicted molar refractivity (Wildman–Crippen MR) is 55.7 cm³/mol. The molecular formula is C11H16N2O. The molecule has 0 bridgehead atoms. The lowest BCUT2D eigenvalue weighted by Crippen LogP contribution is -2.34. The molecule has 0 aliphatic carbocycles. The molecule has 0 radical (unpaired) electrons. The molecule has 1 aliphatic rings. The van der Waals surface area contributed by atoms with Gasteiger partial charge in [0, 0.05) is 6.54 Å². The Labute approximate surface area is 84.1 Å². The fourth-order valence-corrected chi connectivity index (χ4v) is 1.74. The van der Waals surface area contributed by atoms with Crippen LogP contribution in [0.3, 0.4) is 0 Å². The van der Waals surface area contributed by atoms with Crippen molar-refractivity contribution in [3.8, 4) is 0 Å². The Morgan fingerprint density at radius 1 is 1.36 bits per heavy atom. The lowest BCUT2D eigenvalue weighted by atomic mass is 10.0. The third kappa shape index (κ3) is 1.95. The number of aliphatic hydroxyl groups is 1. The number of hydrogen-bond donors (Lipinski definition) is 3. The second kappa shape index (κ2) is 4.09. The van der Waals surface area contributed by atoms with Crippen LogP contribution < -0.4 is 10.9 Å². The summed E-state index contributed by atoms with van der Waals surface area (Å²) in [5.74, 6) is 0. The van der Waals surface area contributed by atoms with Gasteiger partial charge in [-0.25, -0.2) is 0 Å². The van der Waals surface area contributed by atoms with Gasteiger partial charge in [-0.1, -0.05) is 29.8 Å². The lowest BCUT2D eigenvalue weighted by molar-refractivity contribution is 0.135. The van der Waals surface area contributed by atoms with Gasteiger partial charge in [0.1, 0.15) is 0 Å². The van der Waals surface area contributed by atoms with Crippen molar-refractivity contribution in [2.45, 2.75) is 25.5 Å². The molecule has 1 fully saturated rings. The number of rotatable bonds is 2. The van der Waals surface area contributed by atoms with E-state index in [4.69, 9.17) is 0 Å². The standard InChI is InChI=1S/C11H16N2O/c1-8-2-4-9(5-3-8)11(14)10-6-7-12-13-10/h2-5,10-14H,6-7H2,1H3. The van der Waals surface area contributed by atoms with E-state index in [2.05, 4.69) is 10.9 Å². The third-order valence-corrected chi connectivity index (χ3v) is 2.67. The van der Waals surface area contributed by atoms with E-state index in [1.165, 1.54) is 5.56 Å². The van der Waals surface area contributed by atoms with Crippen LogP contribution in [0.15, 0.2) is 24.3 Å². The van der Waals surface area contributed by atoms with Gasteiger partial charge in [0.15, 0.2) is 0 Å². The zero-order chi connectivity index (χ0) is 9.97. The maximum Gasteiger partial charge on any atom is 0.0957 e. The number of hydrogen-bond acceptors (Lipinski definition) is 3. The van der Waals surface area contributed by atoms with Gasteiger partial charge in [0.25, 0.3) is 0 Å². The molecular weight excluding hydrogens is 176 g/mol. The van der Waals surface area contributed by atoms with Crippen molar-refractivity contribution in [1.29, 1.82) is 0 Å². The Bertz CT molecular complexity index is 291. The second-order valence-corrected chi connectivity index (χ2v) is 3.82. The summed E-state index contributed by atoms with van der Waals surface area (Å²) >= 11 is 0. The second-order valence-electron chi connectivity index (χ2n) is 3.82. The van der Waals surface area contributed by atoms with E-state index in [1.54, 1.807) is 0 Å². The molecule has 0 aromatic heterocycles. The molecule has 2 rings (SSSR count). The summed E-state index contributed by atoms with van der Waals surface area (Å²) in [4.78, 5) is 0. The van der Waals surface area contributed by atoms with E-state index < -0.39 is 6.10 Å². The topological polar surface area (TPSA) is 44.3 Å². The normalized spacial score (nSPS) is 23.7. The Morgan fingerprint density at radius 3 is 2.64 bits per heavy atom. The largest absolute Gasteiger partial charge is 0.387 e. The summed E-state index contributed by atoms with van der Waals surface area (Å²) < 4.78 is 0. The van der Waals surface area contributed by atoms with Gasteiger partial charge in [-0.05, 0) is 18.9 Å². The fourth-order valence-electron chi connectivity index (χ4n) is 1.74. The summed E-state index contributed by atoms with van der Waals surface area (Å²) in [5, 5.41) is 10.0. The molecule has 2 atom stereocenters. The van der Waals surface area contributed by atoms with Gasteiger partial charge in [-0.3, -0.25) is 10.9 Å².